The van der Waals surface area contributed by atoms with Crippen LogP contribution in [0.3, 0.4) is 0 Å². The van der Waals surface area contributed by atoms with Crippen LogP contribution < -0.4 is 15.0 Å². The van der Waals surface area contributed by atoms with Gasteiger partial charge in [0.1, 0.15) is 12.4 Å². The number of nitrogens with zero attached hydrogens (tertiary/aromatic N) is 4. The van der Waals surface area contributed by atoms with Gasteiger partial charge >= 0.3 is 0 Å². The molecule has 0 aromatic carbocycles. The van der Waals surface area contributed by atoms with Crippen molar-refractivity contribution < 1.29 is 9.15 Å². The van der Waals surface area contributed by atoms with E-state index in [0.717, 1.165) is 31.1 Å². The van der Waals surface area contributed by atoms with Crippen LogP contribution in [0, 0.1) is 6.92 Å². The van der Waals surface area contributed by atoms with Crippen molar-refractivity contribution in [3.63, 3.8) is 0 Å². The molecule has 0 saturated carbocycles. The van der Waals surface area contributed by atoms with Crippen molar-refractivity contribution in [3.8, 4) is 5.75 Å². The minimum Gasteiger partial charge on any atom is -0.490 e. The standard InChI is InChI=1S/C17H19N5O2.ClH/c1-12-4-5-15-16(20-12)21-17(24-15)22-8-7-19-9-13(22)11-23-14-3-2-6-18-10-14;/h2-6,10,13,19H,7-9,11H2,1H3;1H/t13-;/m1./s1. The van der Waals surface area contributed by atoms with Crippen LogP contribution in [0.2, 0.25) is 0 Å². The van der Waals surface area contributed by atoms with Crippen molar-refractivity contribution in [2.75, 3.05) is 31.1 Å². The van der Waals surface area contributed by atoms with Gasteiger partial charge in [-0.05, 0) is 31.2 Å². The van der Waals surface area contributed by atoms with E-state index in [2.05, 4.69) is 25.2 Å². The number of nitrogens with one attached hydrogen (secondary N) is 1. The van der Waals surface area contributed by atoms with Crippen molar-refractivity contribution in [3.05, 3.63) is 42.4 Å². The normalized spacial score (nSPS) is 17.3. The van der Waals surface area contributed by atoms with Gasteiger partial charge in [0, 0.05) is 31.5 Å². The molecule has 0 aliphatic carbocycles. The zero-order valence-corrected chi connectivity index (χ0v) is 14.7. The minimum atomic E-state index is 0. The van der Waals surface area contributed by atoms with E-state index < -0.39 is 0 Å². The molecular weight excluding hydrogens is 342 g/mol. The highest BCUT2D eigenvalue weighted by molar-refractivity contribution is 5.85. The number of piperazine rings is 1. The second-order valence-corrected chi connectivity index (χ2v) is 5.82. The van der Waals surface area contributed by atoms with Crippen LogP contribution in [-0.4, -0.2) is 47.2 Å². The largest absolute Gasteiger partial charge is 0.490 e. The van der Waals surface area contributed by atoms with Crippen LogP contribution in [0.4, 0.5) is 6.01 Å². The quantitative estimate of drug-likeness (QED) is 0.763. The Morgan fingerprint density at radius 3 is 3.08 bits per heavy atom. The maximum atomic E-state index is 5.90. The monoisotopic (exact) mass is 361 g/mol. The Morgan fingerprint density at radius 2 is 2.24 bits per heavy atom. The molecule has 4 rings (SSSR count). The third-order valence-electron chi connectivity index (χ3n) is 4.05. The van der Waals surface area contributed by atoms with E-state index in [1.54, 1.807) is 12.4 Å². The highest BCUT2D eigenvalue weighted by Gasteiger charge is 2.27. The fraction of sp³-hybridized carbons (Fsp3) is 0.353. The summed E-state index contributed by atoms with van der Waals surface area (Å²) in [6, 6.07) is 8.34. The van der Waals surface area contributed by atoms with Crippen LogP contribution in [0.5, 0.6) is 5.75 Å². The van der Waals surface area contributed by atoms with Crippen molar-refractivity contribution in [1.29, 1.82) is 0 Å². The predicted molar refractivity (Wildman–Crippen MR) is 97.5 cm³/mol. The molecule has 1 aliphatic rings. The molecule has 1 atom stereocenters. The number of anilines is 1. The van der Waals surface area contributed by atoms with Gasteiger partial charge in [-0.25, -0.2) is 4.98 Å². The molecule has 1 fully saturated rings. The number of fused-ring (bicyclic) bond motifs is 1. The number of halogens is 1. The Bertz CT molecular complexity index is 826. The zero-order valence-electron chi connectivity index (χ0n) is 13.9. The Morgan fingerprint density at radius 1 is 1.32 bits per heavy atom. The van der Waals surface area contributed by atoms with Gasteiger partial charge < -0.3 is 19.4 Å². The van der Waals surface area contributed by atoms with E-state index in [1.165, 1.54) is 0 Å². The lowest BCUT2D eigenvalue weighted by Crippen LogP contribution is -2.54. The molecule has 4 heterocycles. The number of rotatable bonds is 4. The van der Waals surface area contributed by atoms with Crippen molar-refractivity contribution in [2.45, 2.75) is 13.0 Å². The molecule has 0 unspecified atom stereocenters. The van der Waals surface area contributed by atoms with Gasteiger partial charge in [0.25, 0.3) is 6.01 Å². The highest BCUT2D eigenvalue weighted by Crippen LogP contribution is 2.23. The van der Waals surface area contributed by atoms with Crippen LogP contribution in [0.25, 0.3) is 11.2 Å². The first-order valence-corrected chi connectivity index (χ1v) is 8.04. The SMILES string of the molecule is Cc1ccc2oc(N3CCNC[C@@H]3COc3cccnc3)nc2n1.Cl. The van der Waals surface area contributed by atoms with Gasteiger partial charge in [0.05, 0.1) is 12.2 Å². The first-order valence-electron chi connectivity index (χ1n) is 8.04. The van der Waals surface area contributed by atoms with Crippen LogP contribution >= 0.6 is 12.4 Å². The van der Waals surface area contributed by atoms with Crippen molar-refractivity contribution in [2.24, 2.45) is 0 Å². The second-order valence-electron chi connectivity index (χ2n) is 5.82. The van der Waals surface area contributed by atoms with E-state index in [0.29, 0.717) is 23.9 Å². The first kappa shape index (κ1) is 17.4. The lowest BCUT2D eigenvalue weighted by Gasteiger charge is -2.34. The number of aromatic nitrogens is 3. The van der Waals surface area contributed by atoms with E-state index in [9.17, 15) is 0 Å². The third kappa shape index (κ3) is 3.83. The maximum absolute atomic E-state index is 5.90. The van der Waals surface area contributed by atoms with Crippen LogP contribution in [0.1, 0.15) is 5.69 Å². The first-order chi connectivity index (χ1) is 11.8. The summed E-state index contributed by atoms with van der Waals surface area (Å²) >= 11 is 0. The fourth-order valence-corrected chi connectivity index (χ4v) is 2.81. The number of hydrogen-bond acceptors (Lipinski definition) is 7. The molecule has 0 spiro atoms. The zero-order chi connectivity index (χ0) is 16.4. The smallest absolute Gasteiger partial charge is 0.300 e. The molecule has 0 amide bonds. The summed E-state index contributed by atoms with van der Waals surface area (Å²) in [6.07, 6.45) is 3.45. The van der Waals surface area contributed by atoms with Gasteiger partial charge in [0.2, 0.25) is 5.65 Å². The van der Waals surface area contributed by atoms with E-state index in [-0.39, 0.29) is 18.4 Å². The highest BCUT2D eigenvalue weighted by atomic mass is 35.5. The van der Waals surface area contributed by atoms with Crippen LogP contribution in [-0.2, 0) is 0 Å². The molecule has 8 heteroatoms. The van der Waals surface area contributed by atoms with Gasteiger partial charge in [-0.1, -0.05) is 0 Å². The van der Waals surface area contributed by atoms with Crippen molar-refractivity contribution in [1.82, 2.24) is 20.3 Å². The fourth-order valence-electron chi connectivity index (χ4n) is 2.81. The number of ether oxygens (including phenoxy) is 1. The molecule has 1 saturated heterocycles. The van der Waals surface area contributed by atoms with Gasteiger partial charge in [0.15, 0.2) is 5.58 Å². The summed E-state index contributed by atoms with van der Waals surface area (Å²) in [4.78, 5) is 15.2. The topological polar surface area (TPSA) is 76.3 Å². The molecular formula is C17H20ClN5O2. The molecule has 0 bridgehead atoms. The lowest BCUT2D eigenvalue weighted by molar-refractivity contribution is 0.261. The molecule has 7 nitrogen and oxygen atoms in total. The maximum Gasteiger partial charge on any atom is 0.300 e. The average Bonchev–Trinajstić information content (AvgIpc) is 3.04. The summed E-state index contributed by atoms with van der Waals surface area (Å²) in [6.45, 7) is 4.99. The molecule has 0 radical (unpaired) electrons. The second kappa shape index (κ2) is 7.67. The van der Waals surface area contributed by atoms with Gasteiger partial charge in [-0.15, -0.1) is 12.4 Å². The molecule has 25 heavy (non-hydrogen) atoms. The number of aryl methyl sites for hydroxylation is 1. The number of hydrogen-bond donors (Lipinski definition) is 1. The Labute approximate surface area is 151 Å². The molecule has 132 valence electrons. The minimum absolute atomic E-state index is 0. The van der Waals surface area contributed by atoms with Crippen LogP contribution in [0.15, 0.2) is 41.1 Å². The summed E-state index contributed by atoms with van der Waals surface area (Å²) in [7, 11) is 0. The molecule has 3 aromatic heterocycles. The van der Waals surface area contributed by atoms with Gasteiger partial charge in [-0.2, -0.15) is 4.98 Å². The third-order valence-corrected chi connectivity index (χ3v) is 4.05. The molecule has 3 aromatic rings. The molecule has 1 aliphatic heterocycles. The van der Waals surface area contributed by atoms with E-state index in [4.69, 9.17) is 9.15 Å². The number of oxazole rings is 1. The lowest BCUT2D eigenvalue weighted by atomic mass is 10.2. The summed E-state index contributed by atoms with van der Waals surface area (Å²) in [5.41, 5.74) is 2.29. The Balaban J connectivity index is 0.00000182. The Hall–Kier alpha value is -2.38. The summed E-state index contributed by atoms with van der Waals surface area (Å²) in [5, 5.41) is 3.39. The summed E-state index contributed by atoms with van der Waals surface area (Å²) < 4.78 is 11.8. The van der Waals surface area contributed by atoms with Gasteiger partial charge in [-0.3, -0.25) is 4.98 Å². The predicted octanol–water partition coefficient (Wildman–Crippen LogP) is 2.21. The summed E-state index contributed by atoms with van der Waals surface area (Å²) in [5.74, 6) is 0.762. The van der Waals surface area contributed by atoms with E-state index in [1.807, 2.05) is 31.2 Å². The molecule has 1 N–H and O–H groups in total. The van der Waals surface area contributed by atoms with E-state index >= 15 is 0 Å². The number of pyridine rings is 2. The average molecular weight is 362 g/mol. The Kier molecular flexibility index (Phi) is 5.35. The van der Waals surface area contributed by atoms with Crippen molar-refractivity contribution >= 4 is 29.7 Å².